The summed E-state index contributed by atoms with van der Waals surface area (Å²) in [7, 11) is 0. The third-order valence-corrected chi connectivity index (χ3v) is 3.97. The number of rotatable bonds is 4. The SMILES string of the molecule is C[C@H](Sc1ncc(C#N)c(N)n1)c1nnc(-c2ccccc2)o1. The summed E-state index contributed by atoms with van der Waals surface area (Å²) in [6.45, 7) is 1.91. The largest absolute Gasteiger partial charge is 0.419 e. The van der Waals surface area contributed by atoms with Gasteiger partial charge in [-0.25, -0.2) is 9.97 Å². The van der Waals surface area contributed by atoms with Crippen LogP contribution in [-0.2, 0) is 0 Å². The fourth-order valence-corrected chi connectivity index (χ4v) is 2.60. The lowest BCUT2D eigenvalue weighted by Crippen LogP contribution is -1.99. The highest BCUT2D eigenvalue weighted by molar-refractivity contribution is 7.99. The van der Waals surface area contributed by atoms with Crippen LogP contribution in [0.2, 0.25) is 0 Å². The first-order valence-electron chi connectivity index (χ1n) is 6.75. The van der Waals surface area contributed by atoms with Gasteiger partial charge in [-0.2, -0.15) is 5.26 Å². The molecule has 0 unspecified atom stereocenters. The summed E-state index contributed by atoms with van der Waals surface area (Å²) >= 11 is 1.33. The van der Waals surface area contributed by atoms with Crippen molar-refractivity contribution in [1.82, 2.24) is 20.2 Å². The standard InChI is InChI=1S/C15H12N6OS/c1-9(23-15-18-8-11(7-16)12(17)19-15)13-20-21-14(22-13)10-5-3-2-4-6-10/h2-6,8-9H,1H3,(H2,17,18,19)/t9-/m0/s1. The van der Waals surface area contributed by atoms with Gasteiger partial charge >= 0.3 is 0 Å². The summed E-state index contributed by atoms with van der Waals surface area (Å²) in [5.41, 5.74) is 6.81. The van der Waals surface area contributed by atoms with E-state index in [9.17, 15) is 0 Å². The highest BCUT2D eigenvalue weighted by Gasteiger charge is 2.18. The monoisotopic (exact) mass is 324 g/mol. The van der Waals surface area contributed by atoms with E-state index in [1.54, 1.807) is 0 Å². The van der Waals surface area contributed by atoms with Gasteiger partial charge in [0.05, 0.1) is 11.4 Å². The second-order valence-electron chi connectivity index (χ2n) is 4.63. The van der Waals surface area contributed by atoms with E-state index in [-0.39, 0.29) is 16.6 Å². The van der Waals surface area contributed by atoms with E-state index in [0.717, 1.165) is 5.56 Å². The van der Waals surface area contributed by atoms with Crippen molar-refractivity contribution in [3.8, 4) is 17.5 Å². The van der Waals surface area contributed by atoms with Gasteiger partial charge in [0.1, 0.15) is 17.5 Å². The lowest BCUT2D eigenvalue weighted by molar-refractivity contribution is 0.509. The molecule has 2 N–H and O–H groups in total. The molecule has 1 atom stereocenters. The van der Waals surface area contributed by atoms with Crippen LogP contribution >= 0.6 is 11.8 Å². The smallest absolute Gasteiger partial charge is 0.247 e. The summed E-state index contributed by atoms with van der Waals surface area (Å²) in [5, 5.41) is 17.3. The first-order valence-corrected chi connectivity index (χ1v) is 7.63. The molecule has 0 spiro atoms. The van der Waals surface area contributed by atoms with Gasteiger partial charge in [0, 0.05) is 5.56 Å². The van der Waals surface area contributed by atoms with Crippen LogP contribution in [0.5, 0.6) is 0 Å². The number of hydrogen-bond donors (Lipinski definition) is 1. The highest BCUT2D eigenvalue weighted by atomic mass is 32.2. The van der Waals surface area contributed by atoms with Crippen LogP contribution in [-0.4, -0.2) is 20.2 Å². The number of benzene rings is 1. The number of thioether (sulfide) groups is 1. The number of hydrogen-bond acceptors (Lipinski definition) is 8. The molecule has 0 saturated heterocycles. The summed E-state index contributed by atoms with van der Waals surface area (Å²) in [6, 6.07) is 11.5. The summed E-state index contributed by atoms with van der Waals surface area (Å²) < 4.78 is 5.70. The minimum absolute atomic E-state index is 0.146. The van der Waals surface area contributed by atoms with Crippen LogP contribution in [0, 0.1) is 11.3 Å². The Balaban J connectivity index is 1.77. The molecule has 2 aromatic heterocycles. The van der Waals surface area contributed by atoms with Gasteiger partial charge in [0.25, 0.3) is 0 Å². The van der Waals surface area contributed by atoms with Crippen molar-refractivity contribution in [1.29, 1.82) is 5.26 Å². The second kappa shape index (κ2) is 6.46. The molecule has 23 heavy (non-hydrogen) atoms. The van der Waals surface area contributed by atoms with Gasteiger partial charge in [0.15, 0.2) is 5.16 Å². The Morgan fingerprint density at radius 1 is 1.26 bits per heavy atom. The van der Waals surface area contributed by atoms with Gasteiger partial charge in [-0.15, -0.1) is 10.2 Å². The minimum Gasteiger partial charge on any atom is -0.419 e. The Labute approximate surface area is 136 Å². The molecule has 0 aliphatic heterocycles. The molecule has 3 aromatic rings. The number of anilines is 1. The predicted molar refractivity (Wildman–Crippen MR) is 85.2 cm³/mol. The molecule has 0 saturated carbocycles. The van der Waals surface area contributed by atoms with E-state index in [1.165, 1.54) is 18.0 Å². The van der Waals surface area contributed by atoms with Crippen molar-refractivity contribution in [2.24, 2.45) is 0 Å². The minimum atomic E-state index is -0.146. The molecule has 0 amide bonds. The van der Waals surface area contributed by atoms with Crippen LogP contribution < -0.4 is 5.73 Å². The normalized spacial score (nSPS) is 11.8. The summed E-state index contributed by atoms with van der Waals surface area (Å²) in [5.74, 6) is 1.10. The maximum absolute atomic E-state index is 8.83. The second-order valence-corrected chi connectivity index (χ2v) is 5.94. The maximum Gasteiger partial charge on any atom is 0.247 e. The molecular weight excluding hydrogens is 312 g/mol. The molecule has 114 valence electrons. The zero-order chi connectivity index (χ0) is 16.2. The topological polar surface area (TPSA) is 115 Å². The average Bonchev–Trinajstić information content (AvgIpc) is 3.06. The Kier molecular flexibility index (Phi) is 4.21. The molecular formula is C15H12N6OS. The third kappa shape index (κ3) is 3.30. The van der Waals surface area contributed by atoms with Crippen LogP contribution in [0.25, 0.3) is 11.5 Å². The van der Waals surface area contributed by atoms with Crippen molar-refractivity contribution in [3.63, 3.8) is 0 Å². The average molecular weight is 324 g/mol. The zero-order valence-electron chi connectivity index (χ0n) is 12.2. The molecule has 1 aromatic carbocycles. The number of nitrogens with two attached hydrogens (primary N) is 1. The molecule has 0 radical (unpaired) electrons. The van der Waals surface area contributed by atoms with Gasteiger partial charge in [-0.05, 0) is 19.1 Å². The van der Waals surface area contributed by atoms with Gasteiger partial charge in [-0.1, -0.05) is 30.0 Å². The highest BCUT2D eigenvalue weighted by Crippen LogP contribution is 2.33. The van der Waals surface area contributed by atoms with E-state index in [0.29, 0.717) is 16.9 Å². The van der Waals surface area contributed by atoms with E-state index >= 15 is 0 Å². The van der Waals surface area contributed by atoms with E-state index in [2.05, 4.69) is 20.2 Å². The van der Waals surface area contributed by atoms with E-state index in [1.807, 2.05) is 43.3 Å². The summed E-state index contributed by atoms with van der Waals surface area (Å²) in [6.07, 6.45) is 1.40. The number of aromatic nitrogens is 4. The number of nitrogen functional groups attached to an aromatic ring is 1. The molecule has 0 fully saturated rings. The van der Waals surface area contributed by atoms with Gasteiger partial charge in [0.2, 0.25) is 11.8 Å². The molecule has 0 bridgehead atoms. The van der Waals surface area contributed by atoms with Crippen molar-refractivity contribution in [2.45, 2.75) is 17.3 Å². The Morgan fingerprint density at radius 2 is 2.04 bits per heavy atom. The van der Waals surface area contributed by atoms with E-state index < -0.39 is 0 Å². The predicted octanol–water partition coefficient (Wildman–Crippen LogP) is 2.83. The van der Waals surface area contributed by atoms with Gasteiger partial charge in [-0.3, -0.25) is 0 Å². The summed E-state index contributed by atoms with van der Waals surface area (Å²) in [4.78, 5) is 8.19. The Morgan fingerprint density at radius 3 is 2.74 bits per heavy atom. The quantitative estimate of drug-likeness (QED) is 0.575. The van der Waals surface area contributed by atoms with Crippen LogP contribution in [0.15, 0.2) is 46.1 Å². The molecule has 7 nitrogen and oxygen atoms in total. The van der Waals surface area contributed by atoms with Crippen molar-refractivity contribution >= 4 is 17.6 Å². The third-order valence-electron chi connectivity index (χ3n) is 3.01. The van der Waals surface area contributed by atoms with Crippen LogP contribution in [0.1, 0.15) is 23.6 Å². The lowest BCUT2D eigenvalue weighted by Gasteiger charge is -2.05. The van der Waals surface area contributed by atoms with Crippen LogP contribution in [0.3, 0.4) is 0 Å². The first-order chi connectivity index (χ1) is 11.2. The van der Waals surface area contributed by atoms with Crippen LogP contribution in [0.4, 0.5) is 5.82 Å². The first kappa shape index (κ1) is 15.0. The van der Waals surface area contributed by atoms with Gasteiger partial charge < -0.3 is 10.2 Å². The van der Waals surface area contributed by atoms with Crippen molar-refractivity contribution in [2.75, 3.05) is 5.73 Å². The molecule has 8 heteroatoms. The Hall–Kier alpha value is -2.92. The molecule has 0 aliphatic carbocycles. The number of nitriles is 1. The zero-order valence-corrected chi connectivity index (χ0v) is 13.0. The molecule has 0 aliphatic rings. The maximum atomic E-state index is 8.83. The lowest BCUT2D eigenvalue weighted by atomic mass is 10.2. The van der Waals surface area contributed by atoms with Crippen molar-refractivity contribution < 1.29 is 4.42 Å². The number of nitrogens with zero attached hydrogens (tertiary/aromatic N) is 5. The fraction of sp³-hybridized carbons (Fsp3) is 0.133. The fourth-order valence-electron chi connectivity index (χ4n) is 1.83. The van der Waals surface area contributed by atoms with E-state index in [4.69, 9.17) is 15.4 Å². The molecule has 3 rings (SSSR count). The molecule has 2 heterocycles. The Bertz CT molecular complexity index is 858. The van der Waals surface area contributed by atoms with Crippen molar-refractivity contribution in [3.05, 3.63) is 48.0 Å².